The van der Waals surface area contributed by atoms with Crippen molar-refractivity contribution in [3.05, 3.63) is 23.9 Å². The topological polar surface area (TPSA) is 0 Å². The van der Waals surface area contributed by atoms with Crippen LogP contribution in [0, 0.1) is 0 Å². The first-order valence-corrected chi connectivity index (χ1v) is 3.29. The van der Waals surface area contributed by atoms with Gasteiger partial charge >= 0.3 is 0 Å². The molecule has 0 aromatic carbocycles. The molecule has 0 unspecified atom stereocenters. The fourth-order valence-corrected chi connectivity index (χ4v) is 0.943. The van der Waals surface area contributed by atoms with Crippen molar-refractivity contribution < 1.29 is 4.48 Å². The van der Waals surface area contributed by atoms with Gasteiger partial charge in [-0.1, -0.05) is 6.08 Å². The molecule has 9 heavy (non-hydrogen) atoms. The van der Waals surface area contributed by atoms with Crippen LogP contribution in [-0.2, 0) is 0 Å². The molecule has 0 bridgehead atoms. The Morgan fingerprint density at radius 3 is 2.22 bits per heavy atom. The summed E-state index contributed by atoms with van der Waals surface area (Å²) in [5, 5.41) is 0. The van der Waals surface area contributed by atoms with E-state index in [1.807, 2.05) is 0 Å². The van der Waals surface area contributed by atoms with Crippen LogP contribution in [0.3, 0.4) is 0 Å². The van der Waals surface area contributed by atoms with Gasteiger partial charge < -0.3 is 0 Å². The van der Waals surface area contributed by atoms with E-state index in [0.717, 1.165) is 10.9 Å². The molecule has 0 fully saturated rings. The van der Waals surface area contributed by atoms with Gasteiger partial charge in [0.2, 0.25) is 0 Å². The minimum Gasteiger partial charge on any atom is -0.299 e. The second-order valence-corrected chi connectivity index (χ2v) is 3.28. The van der Waals surface area contributed by atoms with Gasteiger partial charge in [0.25, 0.3) is 0 Å². The zero-order chi connectivity index (χ0) is 6.91. The van der Waals surface area contributed by atoms with Crippen LogP contribution in [0.2, 0.25) is 0 Å². The van der Waals surface area contributed by atoms with E-state index in [1.165, 1.54) is 5.70 Å². The van der Waals surface area contributed by atoms with E-state index in [4.69, 9.17) is 0 Å². The molecule has 0 N–H and O–H groups in total. The van der Waals surface area contributed by atoms with Crippen molar-refractivity contribution in [3.8, 4) is 0 Å². The Bertz CT molecular complexity index is 158. The number of rotatable bonds is 1. The normalized spacial score (nSPS) is 18.3. The molecule has 0 amide bonds. The van der Waals surface area contributed by atoms with Gasteiger partial charge in [-0.05, 0) is 18.6 Å². The first-order valence-electron chi connectivity index (χ1n) is 3.29. The minimum absolute atomic E-state index is 0.941. The Labute approximate surface area is 56.9 Å². The summed E-state index contributed by atoms with van der Waals surface area (Å²) in [7, 11) is 6.55. The summed E-state index contributed by atoms with van der Waals surface area (Å²) in [6.07, 6.45) is 7.77. The van der Waals surface area contributed by atoms with Gasteiger partial charge in [-0.2, -0.15) is 0 Å². The zero-order valence-electron chi connectivity index (χ0n) is 6.39. The molecule has 1 nitrogen and oxygen atoms in total. The lowest BCUT2D eigenvalue weighted by molar-refractivity contribution is -0.828. The highest BCUT2D eigenvalue weighted by Gasteiger charge is 2.13. The van der Waals surface area contributed by atoms with Crippen LogP contribution in [-0.4, -0.2) is 25.6 Å². The quantitative estimate of drug-likeness (QED) is 0.465. The molecule has 0 spiro atoms. The van der Waals surface area contributed by atoms with Crippen molar-refractivity contribution in [2.75, 3.05) is 21.1 Å². The lowest BCUT2D eigenvalue weighted by Gasteiger charge is -2.23. The number of hydrogen-bond acceptors (Lipinski definition) is 0. The molecule has 50 valence electrons. The van der Waals surface area contributed by atoms with E-state index in [9.17, 15) is 0 Å². The molecule has 0 aromatic heterocycles. The maximum absolute atomic E-state index is 2.26. The molecular weight excluding hydrogens is 110 g/mol. The molecule has 0 saturated heterocycles. The van der Waals surface area contributed by atoms with Gasteiger partial charge in [0, 0.05) is 0 Å². The Balaban J connectivity index is 2.73. The summed E-state index contributed by atoms with van der Waals surface area (Å²) in [5.41, 5.74) is 1.41. The summed E-state index contributed by atoms with van der Waals surface area (Å²) in [6, 6.07) is 0. The Morgan fingerprint density at radius 2 is 2.00 bits per heavy atom. The van der Waals surface area contributed by atoms with Crippen molar-refractivity contribution in [2.24, 2.45) is 0 Å². The van der Waals surface area contributed by atoms with Gasteiger partial charge in [-0.3, -0.25) is 4.48 Å². The minimum atomic E-state index is 0.941. The molecule has 0 aliphatic heterocycles. The fraction of sp³-hybridized carbons (Fsp3) is 0.500. The van der Waals surface area contributed by atoms with Crippen molar-refractivity contribution in [1.82, 2.24) is 0 Å². The lowest BCUT2D eigenvalue weighted by atomic mass is 10.4. The molecule has 0 heterocycles. The maximum Gasteiger partial charge on any atom is 0.128 e. The van der Waals surface area contributed by atoms with Crippen LogP contribution in [0.5, 0.6) is 0 Å². The predicted octanol–water partition coefficient (Wildman–Crippen LogP) is 1.54. The third-order valence-electron chi connectivity index (χ3n) is 1.53. The number of quaternary nitrogens is 1. The Morgan fingerprint density at radius 1 is 1.33 bits per heavy atom. The van der Waals surface area contributed by atoms with Crippen molar-refractivity contribution in [2.45, 2.75) is 6.42 Å². The van der Waals surface area contributed by atoms with E-state index in [-0.39, 0.29) is 0 Å². The summed E-state index contributed by atoms with van der Waals surface area (Å²) in [5.74, 6) is 0. The molecule has 1 aliphatic carbocycles. The molecule has 0 atom stereocenters. The predicted molar refractivity (Wildman–Crippen MR) is 39.9 cm³/mol. The number of likely N-dealkylation sites (N-methyl/N-ethyl adjacent to an activating group) is 1. The van der Waals surface area contributed by atoms with Gasteiger partial charge in [-0.25, -0.2) is 0 Å². The molecule has 0 radical (unpaired) electrons. The summed E-state index contributed by atoms with van der Waals surface area (Å²) < 4.78 is 0.941. The lowest BCUT2D eigenvalue weighted by Crippen LogP contribution is -2.31. The summed E-state index contributed by atoms with van der Waals surface area (Å²) in [4.78, 5) is 0. The molecule has 1 aliphatic rings. The van der Waals surface area contributed by atoms with Crippen LogP contribution < -0.4 is 0 Å². The largest absolute Gasteiger partial charge is 0.299 e. The molecule has 0 saturated carbocycles. The van der Waals surface area contributed by atoms with Crippen molar-refractivity contribution in [1.29, 1.82) is 0 Å². The molecule has 1 rings (SSSR count). The third kappa shape index (κ3) is 1.42. The zero-order valence-corrected chi connectivity index (χ0v) is 6.39. The average Bonchev–Trinajstić information content (AvgIpc) is 2.08. The SMILES string of the molecule is C[N+](C)(C)C1=CCC=C1. The second-order valence-electron chi connectivity index (χ2n) is 3.28. The van der Waals surface area contributed by atoms with Crippen LogP contribution in [0.15, 0.2) is 23.9 Å². The average molecular weight is 124 g/mol. The van der Waals surface area contributed by atoms with Gasteiger partial charge in [0.15, 0.2) is 0 Å². The standard InChI is InChI=1S/C8H14N/c1-9(2,3)8-6-4-5-7-8/h4,6-7H,5H2,1-3H3/q+1. The monoisotopic (exact) mass is 124 g/mol. The van der Waals surface area contributed by atoms with Gasteiger partial charge in [-0.15, -0.1) is 0 Å². The van der Waals surface area contributed by atoms with Crippen LogP contribution in [0.25, 0.3) is 0 Å². The van der Waals surface area contributed by atoms with Crippen LogP contribution >= 0.6 is 0 Å². The number of nitrogens with zero attached hydrogens (tertiary/aromatic N) is 1. The molecule has 0 aromatic rings. The van der Waals surface area contributed by atoms with E-state index < -0.39 is 0 Å². The first kappa shape index (κ1) is 6.56. The highest BCUT2D eigenvalue weighted by Crippen LogP contribution is 2.15. The van der Waals surface area contributed by atoms with Crippen LogP contribution in [0.1, 0.15) is 6.42 Å². The van der Waals surface area contributed by atoms with Crippen molar-refractivity contribution in [3.63, 3.8) is 0 Å². The Hall–Kier alpha value is -0.560. The van der Waals surface area contributed by atoms with Gasteiger partial charge in [0.05, 0.1) is 21.1 Å². The fourth-order valence-electron chi connectivity index (χ4n) is 0.943. The van der Waals surface area contributed by atoms with Crippen molar-refractivity contribution >= 4 is 0 Å². The van der Waals surface area contributed by atoms with E-state index in [2.05, 4.69) is 39.4 Å². The van der Waals surface area contributed by atoms with E-state index >= 15 is 0 Å². The highest BCUT2D eigenvalue weighted by atomic mass is 15.3. The molecule has 1 heteroatoms. The highest BCUT2D eigenvalue weighted by molar-refractivity contribution is 5.19. The maximum atomic E-state index is 2.26. The number of hydrogen-bond donors (Lipinski definition) is 0. The summed E-state index contributed by atoms with van der Waals surface area (Å²) >= 11 is 0. The first-order chi connectivity index (χ1) is 4.11. The van der Waals surface area contributed by atoms with E-state index in [0.29, 0.717) is 0 Å². The summed E-state index contributed by atoms with van der Waals surface area (Å²) in [6.45, 7) is 0. The Kier molecular flexibility index (Phi) is 1.45. The molecular formula is C8H14N+. The smallest absolute Gasteiger partial charge is 0.128 e. The van der Waals surface area contributed by atoms with Crippen LogP contribution in [0.4, 0.5) is 0 Å². The number of allylic oxidation sites excluding steroid dienone is 3. The second kappa shape index (κ2) is 1.99. The third-order valence-corrected chi connectivity index (χ3v) is 1.53. The van der Waals surface area contributed by atoms with Gasteiger partial charge in [0.1, 0.15) is 5.70 Å². The van der Waals surface area contributed by atoms with E-state index in [1.54, 1.807) is 0 Å².